The van der Waals surface area contributed by atoms with Crippen LogP contribution in [0, 0.1) is 0 Å². The lowest BCUT2D eigenvalue weighted by Crippen LogP contribution is -1.99. The summed E-state index contributed by atoms with van der Waals surface area (Å²) in [7, 11) is 0. The fourth-order valence-corrected chi connectivity index (χ4v) is 14.1. The Balaban J connectivity index is 0.865. The summed E-state index contributed by atoms with van der Waals surface area (Å²) in [6, 6.07) is 114. The van der Waals surface area contributed by atoms with E-state index in [0.29, 0.717) is 5.82 Å². The Morgan fingerprint density at radius 3 is 1.01 bits per heavy atom. The number of benzene rings is 13. The van der Waals surface area contributed by atoms with Gasteiger partial charge < -0.3 is 0 Å². The van der Waals surface area contributed by atoms with Gasteiger partial charge in [-0.2, -0.15) is 0 Å². The standard InChI is InChI=1S/C86H52N4/c1-5-19-53(20-6-1)61-49-78(55-21-7-2-8-22-55)88-81(50-61)58-37-39-59(40-38-58)84-77-48-63(64-43-45-74-67-29-15-13-27-65(67)71-32-17-31-70(64)82(71)74)47-76(69-44-46-75-68-30-16-14-28-66(68)72-33-18-34-73(69)83(72)75)85(77)90-86(89-84)60-41-35-54(36-42-60)62-51-79(56-23-9-3-10-24-56)87-80(52-62)57-25-11-4-12-26-57/h1-52H. The molecule has 0 aliphatic heterocycles. The molecule has 0 unspecified atom stereocenters. The second-order valence-corrected chi connectivity index (χ2v) is 23.6. The third-order valence-electron chi connectivity index (χ3n) is 18.4. The van der Waals surface area contributed by atoms with E-state index in [2.05, 4.69) is 303 Å². The van der Waals surface area contributed by atoms with Crippen molar-refractivity contribution in [3.8, 4) is 157 Å². The monoisotopic (exact) mass is 1140 g/mol. The van der Waals surface area contributed by atoms with Gasteiger partial charge >= 0.3 is 0 Å². The van der Waals surface area contributed by atoms with Crippen molar-refractivity contribution in [3.63, 3.8) is 0 Å². The molecule has 13 aromatic carbocycles. The zero-order valence-electron chi connectivity index (χ0n) is 48.8. The normalized spacial score (nSPS) is 11.8. The molecule has 16 aromatic rings. The first-order valence-corrected chi connectivity index (χ1v) is 30.8. The van der Waals surface area contributed by atoms with Crippen LogP contribution < -0.4 is 0 Å². The summed E-state index contributed by atoms with van der Waals surface area (Å²) in [4.78, 5) is 22.1. The van der Waals surface area contributed by atoms with E-state index in [1.807, 2.05) is 12.1 Å². The molecule has 0 amide bonds. The average molecular weight is 1140 g/mol. The summed E-state index contributed by atoms with van der Waals surface area (Å²) in [5, 5.41) is 5.91. The Morgan fingerprint density at radius 1 is 0.167 bits per heavy atom. The van der Waals surface area contributed by atoms with Gasteiger partial charge in [-0.25, -0.2) is 19.9 Å². The lowest BCUT2D eigenvalue weighted by Gasteiger charge is -2.18. The highest BCUT2D eigenvalue weighted by molar-refractivity contribution is 6.22. The molecule has 2 aliphatic rings. The van der Waals surface area contributed by atoms with Crippen molar-refractivity contribution in [2.24, 2.45) is 0 Å². The van der Waals surface area contributed by atoms with Crippen LogP contribution in [0.3, 0.4) is 0 Å². The molecule has 4 heteroatoms. The third-order valence-corrected chi connectivity index (χ3v) is 18.4. The van der Waals surface area contributed by atoms with Gasteiger partial charge in [0.05, 0.1) is 34.0 Å². The van der Waals surface area contributed by atoms with Crippen LogP contribution in [0.2, 0.25) is 0 Å². The number of pyridine rings is 2. The minimum Gasteiger partial charge on any atom is -0.248 e. The topological polar surface area (TPSA) is 51.6 Å². The molecule has 2 aliphatic carbocycles. The molecule has 0 atom stereocenters. The predicted molar refractivity (Wildman–Crippen MR) is 373 cm³/mol. The molecule has 0 fully saturated rings. The number of nitrogens with zero attached hydrogens (tertiary/aromatic N) is 4. The van der Waals surface area contributed by atoms with Crippen LogP contribution in [0.4, 0.5) is 0 Å². The second-order valence-electron chi connectivity index (χ2n) is 23.6. The molecule has 0 spiro atoms. The van der Waals surface area contributed by atoms with E-state index in [1.54, 1.807) is 0 Å². The maximum Gasteiger partial charge on any atom is 0.160 e. The van der Waals surface area contributed by atoms with Gasteiger partial charge in [0.15, 0.2) is 5.82 Å². The Labute approximate surface area is 521 Å². The third kappa shape index (κ3) is 8.53. The molecule has 0 bridgehead atoms. The largest absolute Gasteiger partial charge is 0.248 e. The molecular formula is C86H52N4. The lowest BCUT2D eigenvalue weighted by atomic mass is 9.88. The molecular weight excluding hydrogens is 1090 g/mol. The zero-order valence-corrected chi connectivity index (χ0v) is 48.8. The Hall–Kier alpha value is -12.0. The summed E-state index contributed by atoms with van der Waals surface area (Å²) < 4.78 is 0. The van der Waals surface area contributed by atoms with Gasteiger partial charge in [-0.05, 0) is 141 Å². The molecule has 90 heavy (non-hydrogen) atoms. The van der Waals surface area contributed by atoms with Crippen molar-refractivity contribution in [1.82, 2.24) is 19.9 Å². The first kappa shape index (κ1) is 51.3. The van der Waals surface area contributed by atoms with Gasteiger partial charge in [0.1, 0.15) is 0 Å². The molecule has 0 N–H and O–H groups in total. The van der Waals surface area contributed by atoms with Gasteiger partial charge in [0.2, 0.25) is 0 Å². The summed E-state index contributed by atoms with van der Waals surface area (Å²) in [5.41, 5.74) is 30.4. The molecule has 0 saturated heterocycles. The van der Waals surface area contributed by atoms with Crippen molar-refractivity contribution in [2.75, 3.05) is 0 Å². The quantitative estimate of drug-likeness (QED) is 0.137. The van der Waals surface area contributed by atoms with Crippen LogP contribution in [0.1, 0.15) is 0 Å². The lowest BCUT2D eigenvalue weighted by molar-refractivity contribution is 1.23. The fourth-order valence-electron chi connectivity index (χ4n) is 14.1. The summed E-state index contributed by atoms with van der Waals surface area (Å²) >= 11 is 0. The summed E-state index contributed by atoms with van der Waals surface area (Å²) in [6.07, 6.45) is 0. The van der Waals surface area contributed by atoms with E-state index in [4.69, 9.17) is 19.9 Å². The van der Waals surface area contributed by atoms with Crippen molar-refractivity contribution in [1.29, 1.82) is 0 Å². The van der Waals surface area contributed by atoms with E-state index in [9.17, 15) is 0 Å². The molecule has 0 radical (unpaired) electrons. The maximum absolute atomic E-state index is 5.80. The predicted octanol–water partition coefficient (Wildman–Crippen LogP) is 22.7. The van der Waals surface area contributed by atoms with Crippen LogP contribution >= 0.6 is 0 Å². The van der Waals surface area contributed by atoms with Gasteiger partial charge in [-0.1, -0.05) is 279 Å². The van der Waals surface area contributed by atoms with Crippen molar-refractivity contribution >= 4 is 32.4 Å². The summed E-state index contributed by atoms with van der Waals surface area (Å²) in [5.74, 6) is 0.637. The number of rotatable bonds is 10. The van der Waals surface area contributed by atoms with Gasteiger partial charge in [-0.3, -0.25) is 0 Å². The van der Waals surface area contributed by atoms with Crippen molar-refractivity contribution in [2.45, 2.75) is 0 Å². The van der Waals surface area contributed by atoms with Gasteiger partial charge in [0.25, 0.3) is 0 Å². The highest BCUT2D eigenvalue weighted by Crippen LogP contribution is 2.53. The number of hydrogen-bond donors (Lipinski definition) is 0. The van der Waals surface area contributed by atoms with Crippen LogP contribution in [-0.4, -0.2) is 19.9 Å². The smallest absolute Gasteiger partial charge is 0.160 e. The van der Waals surface area contributed by atoms with E-state index in [0.717, 1.165) is 117 Å². The van der Waals surface area contributed by atoms with Gasteiger partial charge in [-0.15, -0.1) is 0 Å². The Kier molecular flexibility index (Phi) is 11.9. The molecule has 3 heterocycles. The zero-order chi connectivity index (χ0) is 59.2. The van der Waals surface area contributed by atoms with Crippen molar-refractivity contribution in [3.05, 3.63) is 315 Å². The average Bonchev–Trinajstić information content (AvgIpc) is 1.43. The van der Waals surface area contributed by atoms with Crippen LogP contribution in [0.5, 0.6) is 0 Å². The number of hydrogen-bond acceptors (Lipinski definition) is 4. The van der Waals surface area contributed by atoms with Crippen molar-refractivity contribution < 1.29 is 0 Å². The Bertz CT molecular complexity index is 5370. The van der Waals surface area contributed by atoms with E-state index >= 15 is 0 Å². The van der Waals surface area contributed by atoms with Crippen LogP contribution in [0.25, 0.3) is 189 Å². The highest BCUT2D eigenvalue weighted by atomic mass is 14.9. The fraction of sp³-hybridized carbons (Fsp3) is 0. The number of aromatic nitrogens is 4. The van der Waals surface area contributed by atoms with E-state index in [1.165, 1.54) is 66.1 Å². The van der Waals surface area contributed by atoms with Crippen LogP contribution in [-0.2, 0) is 0 Å². The second kappa shape index (κ2) is 20.9. The SMILES string of the molecule is c1ccc(-c2cc(-c3ccccc3)nc(-c3ccc(-c4nc(-c5ccc(-c6cc(-c7ccccc7)nc(-c7ccccc7)c6)cc5)nc5c(-c6ccc7c8c(cccc68)-c6ccccc6-7)cc(-c6ccc7c8c(cccc68)-c6ccccc6-7)cc45)cc3)c2)cc1. The first-order chi connectivity index (χ1) is 44.6. The maximum atomic E-state index is 5.80. The molecule has 18 rings (SSSR count). The highest BCUT2D eigenvalue weighted by Gasteiger charge is 2.27. The minimum atomic E-state index is 0.637. The number of fused-ring (bicyclic) bond motifs is 7. The van der Waals surface area contributed by atoms with E-state index in [-0.39, 0.29) is 0 Å². The Morgan fingerprint density at radius 2 is 0.522 bits per heavy atom. The molecule has 0 saturated carbocycles. The molecule has 3 aromatic heterocycles. The van der Waals surface area contributed by atoms with Gasteiger partial charge in [0, 0.05) is 44.3 Å². The van der Waals surface area contributed by atoms with E-state index < -0.39 is 0 Å². The molecule has 416 valence electrons. The molecule has 4 nitrogen and oxygen atoms in total. The summed E-state index contributed by atoms with van der Waals surface area (Å²) in [6.45, 7) is 0. The van der Waals surface area contributed by atoms with Crippen LogP contribution in [0.15, 0.2) is 315 Å². The first-order valence-electron chi connectivity index (χ1n) is 30.8. The minimum absolute atomic E-state index is 0.637.